The van der Waals surface area contributed by atoms with Crippen LogP contribution < -0.4 is 11.1 Å². The zero-order valence-corrected chi connectivity index (χ0v) is 19.3. The largest absolute Gasteiger partial charge is 0.389 e. The van der Waals surface area contributed by atoms with Crippen molar-refractivity contribution in [3.05, 3.63) is 0 Å². The number of rotatable bonds is 3. The van der Waals surface area contributed by atoms with Gasteiger partial charge in [0.05, 0.1) is 24.4 Å². The van der Waals surface area contributed by atoms with Gasteiger partial charge in [0.15, 0.2) is 6.29 Å². The zero-order chi connectivity index (χ0) is 22.3. The van der Waals surface area contributed by atoms with E-state index in [0.717, 1.165) is 51.4 Å². The van der Waals surface area contributed by atoms with Gasteiger partial charge in [-0.3, -0.25) is 4.79 Å². The van der Waals surface area contributed by atoms with Crippen LogP contribution in [0.25, 0.3) is 0 Å². The van der Waals surface area contributed by atoms with Crippen molar-refractivity contribution in [3.63, 3.8) is 0 Å². The Labute approximate surface area is 182 Å². The number of nitrogens with one attached hydrogen (secondary N) is 1. The van der Waals surface area contributed by atoms with Gasteiger partial charge < -0.3 is 30.7 Å². The summed E-state index contributed by atoms with van der Waals surface area (Å²) >= 11 is 0. The van der Waals surface area contributed by atoms with Crippen molar-refractivity contribution in [2.24, 2.45) is 23.5 Å². The summed E-state index contributed by atoms with van der Waals surface area (Å²) in [6, 6.07) is -0.784. The third-order valence-corrected chi connectivity index (χ3v) is 7.03. The van der Waals surface area contributed by atoms with E-state index < -0.39 is 30.6 Å². The fraction of sp³-hybridized carbons (Fsp3) is 0.957. The Kier molecular flexibility index (Phi) is 10.5. The van der Waals surface area contributed by atoms with Gasteiger partial charge in [0.1, 0.15) is 6.10 Å². The van der Waals surface area contributed by atoms with Gasteiger partial charge in [0, 0.05) is 12.5 Å². The average Bonchev–Trinajstić information content (AvgIpc) is 2.72. The molecule has 176 valence electrons. The molecule has 2 aliphatic rings. The summed E-state index contributed by atoms with van der Waals surface area (Å²) in [6.45, 7) is 8.87. The van der Waals surface area contributed by atoms with E-state index in [1.165, 1.54) is 0 Å². The summed E-state index contributed by atoms with van der Waals surface area (Å²) < 4.78 is 12.1. The Morgan fingerprint density at radius 1 is 1.07 bits per heavy atom. The minimum Gasteiger partial charge on any atom is -0.389 e. The smallest absolute Gasteiger partial charge is 0.222 e. The number of ether oxygens (including phenoxy) is 2. The Hall–Kier alpha value is -0.730. The standard InChI is InChI=1S/C23H44N2O5/c1-5-17-10-7-13-25-22(28)15(3)9-6-8-14(2)11-12-18(17)30-23-21(27)19(24)20(26)16(4)29-23/h14-21,23,26-27H,5-13,24H2,1-4H3,(H,25,28)/t14-,15+,16+,17?,18+,19-,20+,21-,23+/m0/s1. The van der Waals surface area contributed by atoms with Gasteiger partial charge in [0.2, 0.25) is 5.91 Å². The molecule has 2 fully saturated rings. The minimum absolute atomic E-state index is 0.0516. The lowest BCUT2D eigenvalue weighted by Gasteiger charge is -2.42. The zero-order valence-electron chi connectivity index (χ0n) is 19.3. The molecule has 2 aliphatic heterocycles. The Morgan fingerprint density at radius 2 is 1.80 bits per heavy atom. The first-order chi connectivity index (χ1) is 14.2. The molecule has 0 spiro atoms. The van der Waals surface area contributed by atoms with E-state index in [-0.39, 0.29) is 17.9 Å². The van der Waals surface area contributed by atoms with Crippen LogP contribution in [0.3, 0.4) is 0 Å². The molecule has 7 nitrogen and oxygen atoms in total. The summed E-state index contributed by atoms with van der Waals surface area (Å²) in [4.78, 5) is 12.3. The number of hydrogen-bond acceptors (Lipinski definition) is 6. The normalized spacial score (nSPS) is 42.9. The molecule has 9 atom stereocenters. The molecule has 0 radical (unpaired) electrons. The number of amides is 1. The molecule has 0 aromatic heterocycles. The molecule has 0 aromatic rings. The maximum Gasteiger partial charge on any atom is 0.222 e. The van der Waals surface area contributed by atoms with Crippen molar-refractivity contribution >= 4 is 5.91 Å². The van der Waals surface area contributed by atoms with Crippen molar-refractivity contribution in [1.82, 2.24) is 5.32 Å². The first-order valence-corrected chi connectivity index (χ1v) is 11.9. The minimum atomic E-state index is -1.06. The molecule has 0 aliphatic carbocycles. The molecule has 2 heterocycles. The first-order valence-electron chi connectivity index (χ1n) is 11.9. The fourth-order valence-electron chi connectivity index (χ4n) is 4.67. The molecule has 0 bridgehead atoms. The highest BCUT2D eigenvalue weighted by atomic mass is 16.7. The van der Waals surface area contributed by atoms with Crippen LogP contribution in [0, 0.1) is 17.8 Å². The molecule has 5 N–H and O–H groups in total. The van der Waals surface area contributed by atoms with Crippen LogP contribution in [0.4, 0.5) is 0 Å². The monoisotopic (exact) mass is 428 g/mol. The van der Waals surface area contributed by atoms with Crippen molar-refractivity contribution in [2.75, 3.05) is 6.54 Å². The number of aliphatic hydroxyl groups is 2. The average molecular weight is 429 g/mol. The Bertz CT molecular complexity index is 520. The number of aliphatic hydroxyl groups excluding tert-OH is 2. The number of hydrogen-bond donors (Lipinski definition) is 4. The van der Waals surface area contributed by atoms with Crippen LogP contribution in [0.1, 0.15) is 79.1 Å². The van der Waals surface area contributed by atoms with Crippen LogP contribution in [-0.4, -0.2) is 59.4 Å². The van der Waals surface area contributed by atoms with Gasteiger partial charge in [-0.25, -0.2) is 0 Å². The molecular formula is C23H44N2O5. The predicted molar refractivity (Wildman–Crippen MR) is 117 cm³/mol. The fourth-order valence-corrected chi connectivity index (χ4v) is 4.67. The maximum atomic E-state index is 12.3. The summed E-state index contributed by atoms with van der Waals surface area (Å²) in [5.41, 5.74) is 5.99. The highest BCUT2D eigenvalue weighted by Gasteiger charge is 2.42. The maximum absolute atomic E-state index is 12.3. The van der Waals surface area contributed by atoms with Gasteiger partial charge in [-0.2, -0.15) is 0 Å². The van der Waals surface area contributed by atoms with E-state index in [4.69, 9.17) is 15.2 Å². The molecule has 1 amide bonds. The molecule has 2 rings (SSSR count). The summed E-state index contributed by atoms with van der Waals surface area (Å²) in [6.07, 6.45) is 4.48. The summed E-state index contributed by atoms with van der Waals surface area (Å²) in [5, 5.41) is 23.7. The van der Waals surface area contributed by atoms with Crippen LogP contribution in [0.15, 0.2) is 0 Å². The van der Waals surface area contributed by atoms with Crippen LogP contribution >= 0.6 is 0 Å². The topological polar surface area (TPSA) is 114 Å². The van der Waals surface area contributed by atoms with Gasteiger partial charge in [-0.1, -0.05) is 40.0 Å². The van der Waals surface area contributed by atoms with Gasteiger partial charge in [-0.15, -0.1) is 0 Å². The first kappa shape index (κ1) is 25.5. The molecular weight excluding hydrogens is 384 g/mol. The summed E-state index contributed by atoms with van der Waals surface area (Å²) in [5.74, 6) is 1.08. The third kappa shape index (κ3) is 7.16. The number of nitrogens with two attached hydrogens (primary N) is 1. The second-order valence-electron chi connectivity index (χ2n) is 9.56. The van der Waals surface area contributed by atoms with E-state index in [0.29, 0.717) is 18.4 Å². The van der Waals surface area contributed by atoms with E-state index in [9.17, 15) is 15.0 Å². The lowest BCUT2D eigenvalue weighted by molar-refractivity contribution is -0.286. The molecule has 30 heavy (non-hydrogen) atoms. The second kappa shape index (κ2) is 12.3. The quantitative estimate of drug-likeness (QED) is 0.549. The van der Waals surface area contributed by atoms with Crippen LogP contribution in [-0.2, 0) is 14.3 Å². The van der Waals surface area contributed by atoms with Gasteiger partial charge in [0.25, 0.3) is 0 Å². The SMILES string of the molecule is CCC1CCCNC(=O)[C@H](C)CCC[C@H](C)CC[C@H]1O[C@H]1O[C@H](C)[C@@H](O)[C@H](N)[C@@H]1O. The van der Waals surface area contributed by atoms with E-state index in [1.807, 2.05) is 6.92 Å². The van der Waals surface area contributed by atoms with Crippen LogP contribution in [0.5, 0.6) is 0 Å². The van der Waals surface area contributed by atoms with E-state index >= 15 is 0 Å². The molecule has 0 saturated carbocycles. The molecule has 7 heteroatoms. The highest BCUT2D eigenvalue weighted by Crippen LogP contribution is 2.30. The Balaban J connectivity index is 2.07. The number of carbonyl (C=O) groups is 1. The van der Waals surface area contributed by atoms with Crippen molar-refractivity contribution < 1.29 is 24.5 Å². The van der Waals surface area contributed by atoms with Gasteiger partial charge >= 0.3 is 0 Å². The van der Waals surface area contributed by atoms with Crippen LogP contribution in [0.2, 0.25) is 0 Å². The van der Waals surface area contributed by atoms with E-state index in [2.05, 4.69) is 19.2 Å². The highest BCUT2D eigenvalue weighted by molar-refractivity contribution is 5.78. The lowest BCUT2D eigenvalue weighted by Crippen LogP contribution is -2.61. The second-order valence-corrected chi connectivity index (χ2v) is 9.56. The Morgan fingerprint density at radius 3 is 2.50 bits per heavy atom. The van der Waals surface area contributed by atoms with Crippen molar-refractivity contribution in [2.45, 2.75) is 116 Å². The third-order valence-electron chi connectivity index (χ3n) is 7.03. The predicted octanol–water partition coefficient (Wildman–Crippen LogP) is 2.32. The number of carbonyl (C=O) groups excluding carboxylic acids is 1. The van der Waals surface area contributed by atoms with E-state index in [1.54, 1.807) is 6.92 Å². The summed E-state index contributed by atoms with van der Waals surface area (Å²) in [7, 11) is 0. The molecule has 2 saturated heterocycles. The molecule has 0 aromatic carbocycles. The van der Waals surface area contributed by atoms with Crippen molar-refractivity contribution in [3.8, 4) is 0 Å². The van der Waals surface area contributed by atoms with Crippen molar-refractivity contribution in [1.29, 1.82) is 0 Å². The molecule has 1 unspecified atom stereocenters. The van der Waals surface area contributed by atoms with Gasteiger partial charge in [-0.05, 0) is 50.9 Å². The lowest BCUT2D eigenvalue weighted by atomic mass is 9.87.